The molecule has 3 heterocycles. The van der Waals surface area contributed by atoms with Gasteiger partial charge >= 0.3 is 0 Å². The minimum absolute atomic E-state index is 0.0360. The Morgan fingerprint density at radius 2 is 2.04 bits per heavy atom. The van der Waals surface area contributed by atoms with Gasteiger partial charge in [0.25, 0.3) is 0 Å². The first-order chi connectivity index (χ1) is 13.6. The second kappa shape index (κ2) is 7.54. The summed E-state index contributed by atoms with van der Waals surface area (Å²) in [5.74, 6) is 0.161. The van der Waals surface area contributed by atoms with Gasteiger partial charge in [0.05, 0.1) is 0 Å². The Balaban J connectivity index is 1.76. The molecule has 4 rings (SSSR count). The molecule has 1 N–H and O–H groups in total. The molecule has 0 bridgehead atoms. The molecule has 144 valence electrons. The Morgan fingerprint density at radius 1 is 1.25 bits per heavy atom. The highest BCUT2D eigenvalue weighted by Gasteiger charge is 2.24. The summed E-state index contributed by atoms with van der Waals surface area (Å²) >= 11 is 0. The SMILES string of the molecule is CCC(C)C(=O)Nc1cc(-c2c(-c3ccc(F)cc3)nn3c2CCC3)ccn1. The Kier molecular flexibility index (Phi) is 4.94. The lowest BCUT2D eigenvalue weighted by atomic mass is 9.98. The largest absolute Gasteiger partial charge is 0.310 e. The molecule has 0 radical (unpaired) electrons. The number of aromatic nitrogens is 3. The number of carbonyl (C=O) groups excluding carboxylic acids is 1. The van der Waals surface area contributed by atoms with E-state index in [-0.39, 0.29) is 17.6 Å². The normalized spacial score (nSPS) is 14.0. The van der Waals surface area contributed by atoms with E-state index in [1.54, 1.807) is 18.3 Å². The molecule has 0 aliphatic carbocycles. The molecule has 2 aromatic heterocycles. The molecular weight excluding hydrogens is 355 g/mol. The lowest BCUT2D eigenvalue weighted by molar-refractivity contribution is -0.119. The van der Waals surface area contributed by atoms with E-state index in [1.807, 2.05) is 30.7 Å². The predicted octanol–water partition coefficient (Wildman–Crippen LogP) is 4.68. The molecule has 0 spiro atoms. The predicted molar refractivity (Wildman–Crippen MR) is 107 cm³/mol. The van der Waals surface area contributed by atoms with E-state index in [9.17, 15) is 9.18 Å². The van der Waals surface area contributed by atoms with Crippen LogP contribution in [0.15, 0.2) is 42.6 Å². The van der Waals surface area contributed by atoms with Crippen LogP contribution in [0.2, 0.25) is 0 Å². The van der Waals surface area contributed by atoms with Gasteiger partial charge in [0.15, 0.2) is 0 Å². The van der Waals surface area contributed by atoms with Gasteiger partial charge in [-0.2, -0.15) is 5.10 Å². The number of nitrogens with one attached hydrogen (secondary N) is 1. The summed E-state index contributed by atoms with van der Waals surface area (Å²) in [5, 5.41) is 7.69. The number of nitrogens with zero attached hydrogens (tertiary/aromatic N) is 3. The lowest BCUT2D eigenvalue weighted by Gasteiger charge is -2.11. The maximum Gasteiger partial charge on any atom is 0.228 e. The van der Waals surface area contributed by atoms with E-state index < -0.39 is 0 Å². The van der Waals surface area contributed by atoms with Gasteiger partial charge in [-0.3, -0.25) is 9.48 Å². The number of aryl methyl sites for hydroxylation is 1. The van der Waals surface area contributed by atoms with Crippen LogP contribution >= 0.6 is 0 Å². The van der Waals surface area contributed by atoms with Crippen molar-refractivity contribution in [2.45, 2.75) is 39.7 Å². The molecular formula is C22H23FN4O. The molecule has 3 aromatic rings. The van der Waals surface area contributed by atoms with E-state index in [1.165, 1.54) is 17.8 Å². The standard InChI is InChI=1S/C22H23FN4O/c1-3-14(2)22(28)25-19-13-16(10-11-24-19)20-18-5-4-12-27(18)26-21(20)15-6-8-17(23)9-7-15/h6-11,13-14H,3-5,12H2,1-2H3,(H,24,25,28). The molecule has 0 saturated carbocycles. The Bertz CT molecular complexity index is 1010. The van der Waals surface area contributed by atoms with Gasteiger partial charge in [-0.1, -0.05) is 13.8 Å². The van der Waals surface area contributed by atoms with Crippen molar-refractivity contribution in [2.75, 3.05) is 5.32 Å². The number of pyridine rings is 1. The van der Waals surface area contributed by atoms with Crippen LogP contribution in [0.4, 0.5) is 10.2 Å². The molecule has 1 unspecified atom stereocenters. The van der Waals surface area contributed by atoms with E-state index in [0.717, 1.165) is 48.2 Å². The van der Waals surface area contributed by atoms with Gasteiger partial charge in [0.1, 0.15) is 17.3 Å². The third-order valence-electron chi connectivity index (χ3n) is 5.32. The number of carbonyl (C=O) groups is 1. The van der Waals surface area contributed by atoms with Crippen molar-refractivity contribution < 1.29 is 9.18 Å². The van der Waals surface area contributed by atoms with Crippen molar-refractivity contribution in [1.82, 2.24) is 14.8 Å². The van der Waals surface area contributed by atoms with Gasteiger partial charge in [0, 0.05) is 35.5 Å². The minimum atomic E-state index is -0.268. The molecule has 6 heteroatoms. The van der Waals surface area contributed by atoms with Crippen LogP contribution in [-0.2, 0) is 17.8 Å². The van der Waals surface area contributed by atoms with Crippen LogP contribution in [0.1, 0.15) is 32.4 Å². The highest BCUT2D eigenvalue weighted by atomic mass is 19.1. The number of anilines is 1. The summed E-state index contributed by atoms with van der Waals surface area (Å²) in [7, 11) is 0. The third kappa shape index (κ3) is 3.42. The van der Waals surface area contributed by atoms with Gasteiger partial charge in [-0.05, 0) is 61.2 Å². The van der Waals surface area contributed by atoms with Crippen LogP contribution in [0.25, 0.3) is 22.4 Å². The zero-order valence-electron chi connectivity index (χ0n) is 16.1. The van der Waals surface area contributed by atoms with Crippen LogP contribution in [-0.4, -0.2) is 20.7 Å². The number of benzene rings is 1. The molecule has 5 nitrogen and oxygen atoms in total. The Labute approximate surface area is 163 Å². The number of fused-ring (bicyclic) bond motifs is 1. The molecule has 1 aliphatic rings. The number of rotatable bonds is 5. The van der Waals surface area contributed by atoms with Crippen molar-refractivity contribution in [3.8, 4) is 22.4 Å². The van der Waals surface area contributed by atoms with Gasteiger partial charge in [-0.25, -0.2) is 9.37 Å². The summed E-state index contributed by atoms with van der Waals surface area (Å²) in [6.07, 6.45) is 4.48. The fourth-order valence-corrected chi connectivity index (χ4v) is 3.53. The Morgan fingerprint density at radius 3 is 2.79 bits per heavy atom. The molecule has 0 fully saturated rings. The summed E-state index contributed by atoms with van der Waals surface area (Å²) in [6, 6.07) is 10.2. The van der Waals surface area contributed by atoms with Crippen molar-refractivity contribution in [1.29, 1.82) is 0 Å². The summed E-state index contributed by atoms with van der Waals surface area (Å²) in [5.41, 5.74) is 4.87. The molecule has 0 saturated heterocycles. The highest BCUT2D eigenvalue weighted by molar-refractivity contribution is 5.92. The van der Waals surface area contributed by atoms with E-state index >= 15 is 0 Å². The van der Waals surface area contributed by atoms with Crippen molar-refractivity contribution in [3.05, 3.63) is 54.1 Å². The highest BCUT2D eigenvalue weighted by Crippen LogP contribution is 2.38. The third-order valence-corrected chi connectivity index (χ3v) is 5.32. The van der Waals surface area contributed by atoms with Crippen molar-refractivity contribution in [2.24, 2.45) is 5.92 Å². The van der Waals surface area contributed by atoms with Crippen LogP contribution < -0.4 is 5.32 Å². The lowest BCUT2D eigenvalue weighted by Crippen LogP contribution is -2.20. The molecule has 28 heavy (non-hydrogen) atoms. The Hall–Kier alpha value is -3.02. The number of amides is 1. The first kappa shape index (κ1) is 18.3. The second-order valence-electron chi connectivity index (χ2n) is 7.23. The van der Waals surface area contributed by atoms with E-state index in [0.29, 0.717) is 5.82 Å². The first-order valence-corrected chi connectivity index (χ1v) is 9.69. The minimum Gasteiger partial charge on any atom is -0.310 e. The smallest absolute Gasteiger partial charge is 0.228 e. The number of hydrogen-bond acceptors (Lipinski definition) is 3. The van der Waals surface area contributed by atoms with Gasteiger partial charge in [0.2, 0.25) is 5.91 Å². The number of hydrogen-bond donors (Lipinski definition) is 1. The zero-order chi connectivity index (χ0) is 19.7. The van der Waals surface area contributed by atoms with Crippen LogP contribution in [0.5, 0.6) is 0 Å². The monoisotopic (exact) mass is 378 g/mol. The average molecular weight is 378 g/mol. The van der Waals surface area contributed by atoms with Crippen LogP contribution in [0.3, 0.4) is 0 Å². The number of halogens is 1. The second-order valence-corrected chi connectivity index (χ2v) is 7.23. The van der Waals surface area contributed by atoms with Gasteiger partial charge < -0.3 is 5.32 Å². The van der Waals surface area contributed by atoms with Crippen molar-refractivity contribution >= 4 is 11.7 Å². The molecule has 1 aromatic carbocycles. The molecule has 1 amide bonds. The quantitative estimate of drug-likeness (QED) is 0.701. The molecule has 1 atom stereocenters. The summed E-state index contributed by atoms with van der Waals surface area (Å²) in [4.78, 5) is 16.6. The zero-order valence-corrected chi connectivity index (χ0v) is 16.1. The topological polar surface area (TPSA) is 59.8 Å². The average Bonchev–Trinajstić information content (AvgIpc) is 3.29. The molecule has 1 aliphatic heterocycles. The van der Waals surface area contributed by atoms with Gasteiger partial charge in [-0.15, -0.1) is 0 Å². The summed E-state index contributed by atoms with van der Waals surface area (Å²) in [6.45, 7) is 4.77. The fraction of sp³-hybridized carbons (Fsp3) is 0.318. The van der Waals surface area contributed by atoms with E-state index in [4.69, 9.17) is 5.10 Å². The van der Waals surface area contributed by atoms with E-state index in [2.05, 4.69) is 10.3 Å². The van der Waals surface area contributed by atoms with Crippen LogP contribution in [0, 0.1) is 11.7 Å². The first-order valence-electron chi connectivity index (χ1n) is 9.69. The maximum absolute atomic E-state index is 13.4. The maximum atomic E-state index is 13.4. The van der Waals surface area contributed by atoms with Crippen molar-refractivity contribution in [3.63, 3.8) is 0 Å². The fourth-order valence-electron chi connectivity index (χ4n) is 3.53. The summed E-state index contributed by atoms with van der Waals surface area (Å²) < 4.78 is 15.4.